The Bertz CT molecular complexity index is 790. The van der Waals surface area contributed by atoms with E-state index < -0.39 is 5.69 Å². The third-order valence-electron chi connectivity index (χ3n) is 4.32. The molecule has 0 bridgehead atoms. The van der Waals surface area contributed by atoms with E-state index in [-0.39, 0.29) is 16.1 Å². The molecule has 1 atom stereocenters. The highest BCUT2D eigenvalue weighted by Gasteiger charge is 2.45. The molecule has 110 valence electrons. The molecular weight excluding hydrogens is 288 g/mol. The minimum atomic E-state index is -0.438. The molecule has 0 aliphatic heterocycles. The molecule has 4 nitrogen and oxygen atoms in total. The average molecular weight is 305 g/mol. The Morgan fingerprint density at radius 2 is 1.90 bits per heavy atom. The van der Waals surface area contributed by atoms with E-state index in [4.69, 9.17) is 11.6 Å². The third kappa shape index (κ3) is 2.56. The summed E-state index contributed by atoms with van der Waals surface area (Å²) in [6.45, 7) is 4.73. The van der Waals surface area contributed by atoms with Crippen molar-refractivity contribution in [2.45, 2.75) is 26.8 Å². The number of benzene rings is 1. The van der Waals surface area contributed by atoms with Gasteiger partial charge in [0.15, 0.2) is 0 Å². The molecule has 5 heteroatoms. The summed E-state index contributed by atoms with van der Waals surface area (Å²) in [7, 11) is 0. The predicted octanol–water partition coefficient (Wildman–Crippen LogP) is 2.90. The van der Waals surface area contributed by atoms with Crippen LogP contribution in [0.2, 0.25) is 5.15 Å². The van der Waals surface area contributed by atoms with Gasteiger partial charge in [0, 0.05) is 6.54 Å². The van der Waals surface area contributed by atoms with Crippen LogP contribution in [0.5, 0.6) is 0 Å². The molecule has 1 heterocycles. The molecule has 1 unspecified atom stereocenters. The van der Waals surface area contributed by atoms with Gasteiger partial charge in [-0.3, -0.25) is 14.3 Å². The van der Waals surface area contributed by atoms with Gasteiger partial charge < -0.3 is 0 Å². The van der Waals surface area contributed by atoms with E-state index in [2.05, 4.69) is 18.8 Å². The Kier molecular flexibility index (Phi) is 3.29. The zero-order chi connectivity index (χ0) is 15.2. The van der Waals surface area contributed by atoms with Gasteiger partial charge in [0.2, 0.25) is 0 Å². The molecule has 1 aliphatic carbocycles. The van der Waals surface area contributed by atoms with E-state index >= 15 is 0 Å². The maximum absolute atomic E-state index is 12.6. The zero-order valence-electron chi connectivity index (χ0n) is 12.0. The molecule has 3 rings (SSSR count). The van der Waals surface area contributed by atoms with Crippen LogP contribution in [0.25, 0.3) is 11.1 Å². The topological polar surface area (TPSA) is 54.9 Å². The van der Waals surface area contributed by atoms with Crippen LogP contribution in [0.1, 0.15) is 20.3 Å². The predicted molar refractivity (Wildman–Crippen MR) is 83.7 cm³/mol. The molecule has 0 amide bonds. The number of H-pyrrole nitrogens is 1. The van der Waals surface area contributed by atoms with Crippen molar-refractivity contribution in [2.24, 2.45) is 11.3 Å². The van der Waals surface area contributed by atoms with E-state index in [1.807, 2.05) is 30.3 Å². The normalized spacial score (nSPS) is 19.5. The van der Waals surface area contributed by atoms with Crippen molar-refractivity contribution in [2.75, 3.05) is 0 Å². The van der Waals surface area contributed by atoms with Crippen LogP contribution < -0.4 is 11.2 Å². The van der Waals surface area contributed by atoms with Gasteiger partial charge in [-0.25, -0.2) is 4.79 Å². The Labute approximate surface area is 127 Å². The summed E-state index contributed by atoms with van der Waals surface area (Å²) >= 11 is 6.08. The Hall–Kier alpha value is -1.81. The van der Waals surface area contributed by atoms with Crippen molar-refractivity contribution in [1.29, 1.82) is 0 Å². The van der Waals surface area contributed by atoms with Crippen LogP contribution in [0, 0.1) is 11.3 Å². The zero-order valence-corrected chi connectivity index (χ0v) is 12.8. The highest BCUT2D eigenvalue weighted by molar-refractivity contribution is 6.32. The fourth-order valence-electron chi connectivity index (χ4n) is 2.67. The molecule has 0 spiro atoms. The van der Waals surface area contributed by atoms with Crippen LogP contribution in [0.4, 0.5) is 0 Å². The van der Waals surface area contributed by atoms with Gasteiger partial charge in [-0.1, -0.05) is 55.8 Å². The lowest BCUT2D eigenvalue weighted by molar-refractivity contribution is 0.479. The first kappa shape index (κ1) is 14.1. The first-order valence-corrected chi connectivity index (χ1v) is 7.36. The molecule has 0 radical (unpaired) electrons. The van der Waals surface area contributed by atoms with E-state index in [0.717, 1.165) is 6.42 Å². The molecule has 2 aromatic rings. The minimum Gasteiger partial charge on any atom is -0.297 e. The summed E-state index contributed by atoms with van der Waals surface area (Å²) in [5.74, 6) is 0.362. The van der Waals surface area contributed by atoms with E-state index in [9.17, 15) is 9.59 Å². The lowest BCUT2D eigenvalue weighted by Crippen LogP contribution is -2.37. The molecular formula is C16H17ClN2O2. The van der Waals surface area contributed by atoms with Gasteiger partial charge in [-0.2, -0.15) is 0 Å². The number of halogens is 1. The molecule has 1 aromatic carbocycles. The monoisotopic (exact) mass is 304 g/mol. The summed E-state index contributed by atoms with van der Waals surface area (Å²) in [4.78, 5) is 27.3. The highest BCUT2D eigenvalue weighted by atomic mass is 35.5. The van der Waals surface area contributed by atoms with Crippen molar-refractivity contribution in [1.82, 2.24) is 9.55 Å². The largest absolute Gasteiger partial charge is 0.329 e. The molecule has 1 aromatic heterocycles. The van der Waals surface area contributed by atoms with Gasteiger partial charge in [-0.05, 0) is 23.3 Å². The Morgan fingerprint density at radius 1 is 1.29 bits per heavy atom. The molecule has 21 heavy (non-hydrogen) atoms. The minimum absolute atomic E-state index is 0.0995. The van der Waals surface area contributed by atoms with Crippen molar-refractivity contribution in [3.05, 3.63) is 56.3 Å². The SMILES string of the molecule is CC1(C)CC1Cn1c(=O)[nH]c(Cl)c(-c2ccccc2)c1=O. The second kappa shape index (κ2) is 4.88. The summed E-state index contributed by atoms with van der Waals surface area (Å²) in [6.07, 6.45) is 1.03. The average Bonchev–Trinajstić information content (AvgIpc) is 3.03. The van der Waals surface area contributed by atoms with Gasteiger partial charge in [0.1, 0.15) is 5.15 Å². The van der Waals surface area contributed by atoms with Gasteiger partial charge >= 0.3 is 5.69 Å². The van der Waals surface area contributed by atoms with Crippen LogP contribution in [-0.2, 0) is 6.54 Å². The number of nitrogens with zero attached hydrogens (tertiary/aromatic N) is 1. The number of nitrogens with one attached hydrogen (secondary N) is 1. The first-order chi connectivity index (χ1) is 9.90. The number of rotatable bonds is 3. The smallest absolute Gasteiger partial charge is 0.297 e. The maximum atomic E-state index is 12.6. The second-order valence-corrected chi connectivity index (χ2v) is 6.67. The molecule has 1 fully saturated rings. The fraction of sp³-hybridized carbons (Fsp3) is 0.375. The lowest BCUT2D eigenvalue weighted by atomic mass is 10.1. The first-order valence-electron chi connectivity index (χ1n) is 6.98. The van der Waals surface area contributed by atoms with Gasteiger partial charge in [-0.15, -0.1) is 0 Å². The lowest BCUT2D eigenvalue weighted by Gasteiger charge is -2.10. The van der Waals surface area contributed by atoms with Crippen molar-refractivity contribution >= 4 is 11.6 Å². The van der Waals surface area contributed by atoms with Crippen molar-refractivity contribution in [3.63, 3.8) is 0 Å². The molecule has 1 aliphatic rings. The summed E-state index contributed by atoms with van der Waals surface area (Å²) in [6, 6.07) is 9.17. The number of hydrogen-bond donors (Lipinski definition) is 1. The number of hydrogen-bond acceptors (Lipinski definition) is 2. The van der Waals surface area contributed by atoms with E-state index in [0.29, 0.717) is 23.6 Å². The van der Waals surface area contributed by atoms with Crippen LogP contribution in [0.3, 0.4) is 0 Å². The standard InChI is InChI=1S/C16H17ClN2O2/c1-16(2)8-11(16)9-19-14(20)12(13(17)18-15(19)21)10-6-4-3-5-7-10/h3-7,11H,8-9H2,1-2H3,(H,18,21). The Balaban J connectivity index is 2.10. The maximum Gasteiger partial charge on any atom is 0.329 e. The summed E-state index contributed by atoms with van der Waals surface area (Å²) in [5.41, 5.74) is 0.520. The number of aromatic nitrogens is 2. The molecule has 0 saturated heterocycles. The molecule has 1 N–H and O–H groups in total. The van der Waals surface area contributed by atoms with Crippen molar-refractivity contribution in [3.8, 4) is 11.1 Å². The van der Waals surface area contributed by atoms with Gasteiger partial charge in [0.25, 0.3) is 5.56 Å². The van der Waals surface area contributed by atoms with E-state index in [1.165, 1.54) is 4.57 Å². The highest BCUT2D eigenvalue weighted by Crippen LogP contribution is 2.52. The van der Waals surface area contributed by atoms with Crippen LogP contribution >= 0.6 is 11.6 Å². The summed E-state index contributed by atoms with van der Waals surface area (Å²) < 4.78 is 1.27. The second-order valence-electron chi connectivity index (χ2n) is 6.29. The fourth-order valence-corrected chi connectivity index (χ4v) is 2.94. The third-order valence-corrected chi connectivity index (χ3v) is 4.61. The number of aromatic amines is 1. The van der Waals surface area contributed by atoms with E-state index in [1.54, 1.807) is 0 Å². The van der Waals surface area contributed by atoms with Crippen LogP contribution in [0.15, 0.2) is 39.9 Å². The van der Waals surface area contributed by atoms with Crippen LogP contribution in [-0.4, -0.2) is 9.55 Å². The van der Waals surface area contributed by atoms with Gasteiger partial charge in [0.05, 0.1) is 5.56 Å². The molecule has 1 saturated carbocycles. The van der Waals surface area contributed by atoms with Crippen molar-refractivity contribution < 1.29 is 0 Å². The quantitative estimate of drug-likeness (QED) is 0.887. The summed E-state index contributed by atoms with van der Waals surface area (Å²) in [5, 5.41) is 0.0995. The Morgan fingerprint density at radius 3 is 2.48 bits per heavy atom.